The molecule has 2 N–H and O–H groups in total. The fraction of sp³-hybridized carbons (Fsp3) is 0.923. The zero-order chi connectivity index (χ0) is 14.5. The predicted octanol–water partition coefficient (Wildman–Crippen LogP) is 1.19. The van der Waals surface area contributed by atoms with E-state index in [2.05, 4.69) is 0 Å². The van der Waals surface area contributed by atoms with Gasteiger partial charge in [-0.05, 0) is 33.7 Å². The van der Waals surface area contributed by atoms with E-state index < -0.39 is 5.60 Å². The van der Waals surface area contributed by atoms with Crippen LogP contribution in [0.15, 0.2) is 0 Å². The molecular weight excluding hydrogens is 248 g/mol. The molecule has 1 heterocycles. The van der Waals surface area contributed by atoms with Crippen LogP contribution in [0.5, 0.6) is 0 Å². The highest BCUT2D eigenvalue weighted by molar-refractivity contribution is 5.68. The maximum absolute atomic E-state index is 12.0. The number of hydrogen-bond donors (Lipinski definition) is 1. The molecule has 1 rings (SSSR count). The van der Waals surface area contributed by atoms with Gasteiger partial charge in [-0.2, -0.15) is 0 Å². The first-order chi connectivity index (χ1) is 8.87. The van der Waals surface area contributed by atoms with Crippen molar-refractivity contribution in [3.8, 4) is 0 Å². The van der Waals surface area contributed by atoms with Crippen molar-refractivity contribution >= 4 is 6.09 Å². The summed E-state index contributed by atoms with van der Waals surface area (Å²) in [4.78, 5) is 13.7. The molecule has 1 fully saturated rings. The molecule has 6 heteroatoms. The van der Waals surface area contributed by atoms with Crippen molar-refractivity contribution in [2.45, 2.75) is 38.9 Å². The molecule has 0 unspecified atom stereocenters. The number of methoxy groups -OCH3 is 1. The van der Waals surface area contributed by atoms with Crippen LogP contribution in [0.25, 0.3) is 0 Å². The van der Waals surface area contributed by atoms with Crippen LogP contribution in [0, 0.1) is 5.92 Å². The van der Waals surface area contributed by atoms with E-state index in [4.69, 9.17) is 19.9 Å². The number of carbonyl (C=O) groups is 1. The molecule has 0 radical (unpaired) electrons. The second kappa shape index (κ2) is 7.07. The smallest absolute Gasteiger partial charge is 0.410 e. The summed E-state index contributed by atoms with van der Waals surface area (Å²) in [6, 6.07) is 0. The van der Waals surface area contributed by atoms with Gasteiger partial charge in [-0.3, -0.25) is 0 Å². The van der Waals surface area contributed by atoms with Gasteiger partial charge >= 0.3 is 6.09 Å². The summed E-state index contributed by atoms with van der Waals surface area (Å²) >= 11 is 0. The topological polar surface area (TPSA) is 74.0 Å². The van der Waals surface area contributed by atoms with Crippen molar-refractivity contribution in [2.75, 3.05) is 33.5 Å². The van der Waals surface area contributed by atoms with Crippen LogP contribution in [0.2, 0.25) is 0 Å². The van der Waals surface area contributed by atoms with Gasteiger partial charge in [0.1, 0.15) is 12.4 Å². The summed E-state index contributed by atoms with van der Waals surface area (Å²) in [5, 5.41) is 0. The molecule has 0 aromatic heterocycles. The molecule has 1 amide bonds. The number of nitrogens with zero attached hydrogens (tertiary/aromatic N) is 1. The van der Waals surface area contributed by atoms with Crippen molar-refractivity contribution in [1.29, 1.82) is 0 Å². The summed E-state index contributed by atoms with van der Waals surface area (Å²) in [6.07, 6.45) is 0.435. The number of amides is 1. The zero-order valence-corrected chi connectivity index (χ0v) is 12.3. The summed E-state index contributed by atoms with van der Waals surface area (Å²) in [6.45, 7) is 7.49. The number of nitrogens with two attached hydrogens (primary N) is 1. The van der Waals surface area contributed by atoms with Gasteiger partial charge in [0.15, 0.2) is 0 Å². The number of ether oxygens (including phenoxy) is 3. The van der Waals surface area contributed by atoms with Crippen molar-refractivity contribution in [1.82, 2.24) is 4.90 Å². The lowest BCUT2D eigenvalue weighted by atomic mass is 9.94. The Morgan fingerprint density at radius 2 is 2.11 bits per heavy atom. The molecule has 1 saturated heterocycles. The van der Waals surface area contributed by atoms with E-state index in [0.29, 0.717) is 19.6 Å². The Kier molecular flexibility index (Phi) is 6.03. The predicted molar refractivity (Wildman–Crippen MR) is 71.7 cm³/mol. The Hall–Kier alpha value is -0.850. The third-order valence-electron chi connectivity index (χ3n) is 3.05. The molecule has 0 aliphatic carbocycles. The SMILES string of the molecule is COCO[C@H]1CN(C(=O)OC(C)(C)C)CC[C@@H]1CN. The summed E-state index contributed by atoms with van der Waals surface area (Å²) in [5.74, 6) is 0.258. The molecule has 1 aliphatic rings. The molecule has 0 aromatic rings. The Balaban J connectivity index is 2.56. The minimum Gasteiger partial charge on any atom is -0.444 e. The summed E-state index contributed by atoms with van der Waals surface area (Å²) in [5.41, 5.74) is 5.25. The Morgan fingerprint density at radius 1 is 1.42 bits per heavy atom. The number of carbonyl (C=O) groups excluding carboxylic acids is 1. The van der Waals surface area contributed by atoms with Crippen LogP contribution >= 0.6 is 0 Å². The largest absolute Gasteiger partial charge is 0.444 e. The van der Waals surface area contributed by atoms with E-state index in [0.717, 1.165) is 6.42 Å². The minimum absolute atomic E-state index is 0.0915. The van der Waals surface area contributed by atoms with Crippen molar-refractivity contribution in [2.24, 2.45) is 11.7 Å². The first-order valence-electron chi connectivity index (χ1n) is 6.66. The first-order valence-corrected chi connectivity index (χ1v) is 6.66. The van der Waals surface area contributed by atoms with E-state index in [9.17, 15) is 4.79 Å². The molecule has 2 atom stereocenters. The summed E-state index contributed by atoms with van der Waals surface area (Å²) in [7, 11) is 1.58. The van der Waals surface area contributed by atoms with Crippen molar-refractivity contribution < 1.29 is 19.0 Å². The van der Waals surface area contributed by atoms with Crippen LogP contribution in [0.3, 0.4) is 0 Å². The Labute approximate surface area is 115 Å². The van der Waals surface area contributed by atoms with Gasteiger partial charge < -0.3 is 24.8 Å². The van der Waals surface area contributed by atoms with Gasteiger partial charge in [0.25, 0.3) is 0 Å². The number of rotatable bonds is 4. The molecule has 1 aliphatic heterocycles. The Bertz CT molecular complexity index is 291. The van der Waals surface area contributed by atoms with E-state index in [1.165, 1.54) is 0 Å². The molecular formula is C13H26N2O4. The second-order valence-corrected chi connectivity index (χ2v) is 5.82. The maximum Gasteiger partial charge on any atom is 0.410 e. The van der Waals surface area contributed by atoms with Gasteiger partial charge in [0, 0.05) is 19.6 Å². The summed E-state index contributed by atoms with van der Waals surface area (Å²) < 4.78 is 15.9. The van der Waals surface area contributed by atoms with Crippen LogP contribution in [0.1, 0.15) is 27.2 Å². The zero-order valence-electron chi connectivity index (χ0n) is 12.3. The molecule has 0 saturated carbocycles. The lowest BCUT2D eigenvalue weighted by Crippen LogP contribution is -2.50. The molecule has 6 nitrogen and oxygen atoms in total. The van der Waals surface area contributed by atoms with E-state index in [1.54, 1.807) is 12.0 Å². The molecule has 19 heavy (non-hydrogen) atoms. The average molecular weight is 274 g/mol. The van der Waals surface area contributed by atoms with Crippen LogP contribution < -0.4 is 5.73 Å². The van der Waals surface area contributed by atoms with Gasteiger partial charge in [0.2, 0.25) is 0 Å². The highest BCUT2D eigenvalue weighted by Crippen LogP contribution is 2.21. The lowest BCUT2D eigenvalue weighted by molar-refractivity contribution is -0.111. The average Bonchev–Trinajstić information content (AvgIpc) is 2.33. The second-order valence-electron chi connectivity index (χ2n) is 5.82. The standard InChI is InChI=1S/C13H26N2O4/c1-13(2,3)19-12(16)15-6-5-10(7-14)11(8-15)18-9-17-4/h10-11H,5-9,14H2,1-4H3/t10-,11+/m1/s1. The fourth-order valence-electron chi connectivity index (χ4n) is 2.07. The third-order valence-corrected chi connectivity index (χ3v) is 3.05. The molecule has 0 bridgehead atoms. The number of likely N-dealkylation sites (tertiary alicyclic amines) is 1. The van der Waals surface area contributed by atoms with E-state index in [-0.39, 0.29) is 24.9 Å². The van der Waals surface area contributed by atoms with E-state index in [1.807, 2.05) is 20.8 Å². The molecule has 0 aromatic carbocycles. The van der Waals surface area contributed by atoms with Gasteiger partial charge in [-0.25, -0.2) is 4.79 Å². The van der Waals surface area contributed by atoms with Crippen molar-refractivity contribution in [3.05, 3.63) is 0 Å². The normalized spacial score (nSPS) is 24.4. The fourth-order valence-corrected chi connectivity index (χ4v) is 2.07. The molecule has 0 spiro atoms. The third kappa shape index (κ3) is 5.34. The van der Waals surface area contributed by atoms with E-state index >= 15 is 0 Å². The lowest BCUT2D eigenvalue weighted by Gasteiger charge is -2.38. The highest BCUT2D eigenvalue weighted by Gasteiger charge is 2.33. The maximum atomic E-state index is 12.0. The van der Waals surface area contributed by atoms with Crippen LogP contribution in [-0.2, 0) is 14.2 Å². The Morgan fingerprint density at radius 3 is 2.63 bits per heavy atom. The minimum atomic E-state index is -0.481. The number of hydrogen-bond acceptors (Lipinski definition) is 5. The van der Waals surface area contributed by atoms with Crippen molar-refractivity contribution in [3.63, 3.8) is 0 Å². The van der Waals surface area contributed by atoms with Gasteiger partial charge in [-0.1, -0.05) is 0 Å². The van der Waals surface area contributed by atoms with Gasteiger partial charge in [-0.15, -0.1) is 0 Å². The highest BCUT2D eigenvalue weighted by atomic mass is 16.7. The van der Waals surface area contributed by atoms with Gasteiger partial charge in [0.05, 0.1) is 12.6 Å². The number of piperidine rings is 1. The first kappa shape index (κ1) is 16.2. The monoisotopic (exact) mass is 274 g/mol. The van der Waals surface area contributed by atoms with Crippen LogP contribution in [0.4, 0.5) is 4.79 Å². The van der Waals surface area contributed by atoms with Crippen LogP contribution in [-0.4, -0.2) is 56.2 Å². The quantitative estimate of drug-likeness (QED) is 0.780. The molecule has 112 valence electrons.